The van der Waals surface area contributed by atoms with Crippen LogP contribution >= 0.6 is 0 Å². The number of piperazine rings is 1. The van der Waals surface area contributed by atoms with Crippen molar-refractivity contribution in [1.82, 2.24) is 10.2 Å². The van der Waals surface area contributed by atoms with Gasteiger partial charge in [0.1, 0.15) is 0 Å². The maximum absolute atomic E-state index is 11.3. The van der Waals surface area contributed by atoms with Crippen LogP contribution in [-0.4, -0.2) is 37.0 Å². The quantitative estimate of drug-likeness (QED) is 0.586. The van der Waals surface area contributed by atoms with Crippen LogP contribution in [-0.2, 0) is 4.79 Å². The topological polar surface area (TPSA) is 34.4 Å². The predicted molar refractivity (Wildman–Crippen MR) is 52.6 cm³/mol. The Labute approximate surface area is 80.5 Å². The van der Waals surface area contributed by atoms with Crippen molar-refractivity contribution in [1.29, 1.82) is 0 Å². The smallest absolute Gasteiger partial charge is 0.238 e. The van der Waals surface area contributed by atoms with Crippen LogP contribution in [0.5, 0.6) is 0 Å². The zero-order valence-corrected chi connectivity index (χ0v) is 8.46. The molecule has 1 aliphatic heterocycles. The summed E-state index contributed by atoms with van der Waals surface area (Å²) in [4.78, 5) is 13.2. The molecule has 0 aliphatic carbocycles. The van der Waals surface area contributed by atoms with Gasteiger partial charge in [-0.25, -0.2) is 5.32 Å². The molecule has 13 heavy (non-hydrogen) atoms. The molecule has 0 N–H and O–H groups in total. The van der Waals surface area contributed by atoms with Crippen molar-refractivity contribution in [2.45, 2.75) is 32.6 Å². The van der Waals surface area contributed by atoms with Gasteiger partial charge in [-0.2, -0.15) is 0 Å². The molecule has 1 rings (SSSR count). The van der Waals surface area contributed by atoms with Crippen molar-refractivity contribution < 1.29 is 4.79 Å². The largest absolute Gasteiger partial charge is 0.340 e. The van der Waals surface area contributed by atoms with Crippen molar-refractivity contribution >= 4 is 5.91 Å². The maximum atomic E-state index is 11.3. The second-order valence-electron chi connectivity index (χ2n) is 3.55. The van der Waals surface area contributed by atoms with Gasteiger partial charge in [0.25, 0.3) is 0 Å². The Morgan fingerprint density at radius 2 is 2.23 bits per heavy atom. The second-order valence-corrected chi connectivity index (χ2v) is 3.55. The van der Waals surface area contributed by atoms with Crippen LogP contribution in [0.1, 0.15) is 32.6 Å². The standard InChI is InChI=1S/C10H19N2O/c1-2-3-4-5-7-12-8-6-11-9-10(12)13/h2-9H2,1H3. The number of hydrogen-bond donors (Lipinski definition) is 0. The summed E-state index contributed by atoms with van der Waals surface area (Å²) < 4.78 is 0. The Morgan fingerprint density at radius 1 is 1.38 bits per heavy atom. The number of amides is 1. The molecular formula is C10H19N2O. The minimum atomic E-state index is 0.211. The number of unbranched alkanes of at least 4 members (excludes halogenated alkanes) is 3. The third kappa shape index (κ3) is 3.77. The summed E-state index contributed by atoms with van der Waals surface area (Å²) in [5.74, 6) is 0.211. The summed E-state index contributed by atoms with van der Waals surface area (Å²) in [6, 6.07) is 0. The normalized spacial score (nSPS) is 17.9. The van der Waals surface area contributed by atoms with Crippen LogP contribution in [0.3, 0.4) is 0 Å². The minimum absolute atomic E-state index is 0.211. The Bertz CT molecular complexity index is 159. The first-order valence-corrected chi connectivity index (χ1v) is 5.25. The average Bonchev–Trinajstić information content (AvgIpc) is 2.15. The summed E-state index contributed by atoms with van der Waals surface area (Å²) in [6.07, 6.45) is 4.94. The van der Waals surface area contributed by atoms with E-state index in [1.54, 1.807) is 0 Å². The molecule has 0 spiro atoms. The molecule has 1 radical (unpaired) electrons. The highest BCUT2D eigenvalue weighted by Gasteiger charge is 2.16. The van der Waals surface area contributed by atoms with E-state index in [1.807, 2.05) is 4.90 Å². The molecule has 0 unspecified atom stereocenters. The molecule has 3 nitrogen and oxygen atoms in total. The third-order valence-corrected chi connectivity index (χ3v) is 2.41. The Hall–Kier alpha value is -0.570. The van der Waals surface area contributed by atoms with E-state index in [9.17, 15) is 4.79 Å². The van der Waals surface area contributed by atoms with E-state index >= 15 is 0 Å². The lowest BCUT2D eigenvalue weighted by molar-refractivity contribution is -0.132. The molecule has 1 saturated heterocycles. The molecule has 3 heteroatoms. The lowest BCUT2D eigenvalue weighted by Gasteiger charge is -2.26. The molecule has 1 heterocycles. The fourth-order valence-corrected chi connectivity index (χ4v) is 1.56. The third-order valence-electron chi connectivity index (χ3n) is 2.41. The van der Waals surface area contributed by atoms with Crippen LogP contribution in [0.25, 0.3) is 0 Å². The van der Waals surface area contributed by atoms with Crippen LogP contribution < -0.4 is 5.32 Å². The van der Waals surface area contributed by atoms with Gasteiger partial charge >= 0.3 is 0 Å². The molecule has 0 atom stereocenters. The van der Waals surface area contributed by atoms with Crippen molar-refractivity contribution in [2.24, 2.45) is 0 Å². The SMILES string of the molecule is CCCCCCN1CC[N]CC1=O. The predicted octanol–water partition coefficient (Wildman–Crippen LogP) is 1.01. The molecule has 0 bridgehead atoms. The lowest BCUT2D eigenvalue weighted by atomic mass is 10.2. The number of hydrogen-bond acceptors (Lipinski definition) is 1. The van der Waals surface area contributed by atoms with Gasteiger partial charge in [0, 0.05) is 19.6 Å². The molecule has 1 aliphatic rings. The van der Waals surface area contributed by atoms with Crippen LogP contribution in [0.4, 0.5) is 0 Å². The summed E-state index contributed by atoms with van der Waals surface area (Å²) >= 11 is 0. The van der Waals surface area contributed by atoms with E-state index < -0.39 is 0 Å². The van der Waals surface area contributed by atoms with Gasteiger partial charge in [0.2, 0.25) is 5.91 Å². The second kappa shape index (κ2) is 5.97. The average molecular weight is 183 g/mol. The minimum Gasteiger partial charge on any atom is -0.340 e. The van der Waals surface area contributed by atoms with Gasteiger partial charge in [0.15, 0.2) is 0 Å². The fourth-order valence-electron chi connectivity index (χ4n) is 1.56. The highest BCUT2D eigenvalue weighted by Crippen LogP contribution is 2.03. The van der Waals surface area contributed by atoms with E-state index in [1.165, 1.54) is 19.3 Å². The first-order valence-electron chi connectivity index (χ1n) is 5.25. The van der Waals surface area contributed by atoms with Gasteiger partial charge < -0.3 is 4.90 Å². The molecule has 0 aromatic rings. The van der Waals surface area contributed by atoms with E-state index in [0.29, 0.717) is 6.54 Å². The summed E-state index contributed by atoms with van der Waals surface area (Å²) in [5, 5.41) is 4.06. The van der Waals surface area contributed by atoms with Gasteiger partial charge in [-0.3, -0.25) is 4.79 Å². The molecule has 1 amide bonds. The van der Waals surface area contributed by atoms with Crippen LogP contribution in [0, 0.1) is 0 Å². The molecule has 0 aromatic carbocycles. The molecule has 0 saturated carbocycles. The summed E-state index contributed by atoms with van der Waals surface area (Å²) in [5.41, 5.74) is 0. The van der Waals surface area contributed by atoms with Crippen molar-refractivity contribution in [3.8, 4) is 0 Å². The van der Waals surface area contributed by atoms with Crippen LogP contribution in [0.2, 0.25) is 0 Å². The summed E-state index contributed by atoms with van der Waals surface area (Å²) in [6.45, 7) is 5.22. The van der Waals surface area contributed by atoms with Gasteiger partial charge in [-0.05, 0) is 6.42 Å². The van der Waals surface area contributed by atoms with E-state index in [0.717, 1.165) is 26.1 Å². The van der Waals surface area contributed by atoms with Gasteiger partial charge in [-0.1, -0.05) is 26.2 Å². The molecular weight excluding hydrogens is 164 g/mol. The highest BCUT2D eigenvalue weighted by molar-refractivity contribution is 5.78. The molecule has 0 aromatic heterocycles. The fraction of sp³-hybridized carbons (Fsp3) is 0.900. The zero-order chi connectivity index (χ0) is 9.52. The van der Waals surface area contributed by atoms with Gasteiger partial charge in [0.05, 0.1) is 6.54 Å². The van der Waals surface area contributed by atoms with E-state index in [4.69, 9.17) is 0 Å². The van der Waals surface area contributed by atoms with Gasteiger partial charge in [-0.15, -0.1) is 0 Å². The number of carbonyl (C=O) groups excluding carboxylic acids is 1. The summed E-state index contributed by atoms with van der Waals surface area (Å²) in [7, 11) is 0. The Balaban J connectivity index is 2.08. The van der Waals surface area contributed by atoms with E-state index in [-0.39, 0.29) is 5.91 Å². The first-order chi connectivity index (χ1) is 6.34. The Kier molecular flexibility index (Phi) is 4.83. The highest BCUT2D eigenvalue weighted by atomic mass is 16.2. The lowest BCUT2D eigenvalue weighted by Crippen LogP contribution is -2.45. The molecule has 75 valence electrons. The van der Waals surface area contributed by atoms with Crippen molar-refractivity contribution in [2.75, 3.05) is 26.2 Å². The van der Waals surface area contributed by atoms with Crippen molar-refractivity contribution in [3.63, 3.8) is 0 Å². The number of carbonyl (C=O) groups is 1. The zero-order valence-electron chi connectivity index (χ0n) is 8.46. The Morgan fingerprint density at radius 3 is 2.92 bits per heavy atom. The molecule has 1 fully saturated rings. The van der Waals surface area contributed by atoms with Crippen LogP contribution in [0.15, 0.2) is 0 Å². The maximum Gasteiger partial charge on any atom is 0.238 e. The van der Waals surface area contributed by atoms with Crippen molar-refractivity contribution in [3.05, 3.63) is 0 Å². The monoisotopic (exact) mass is 183 g/mol. The first kappa shape index (κ1) is 10.5. The number of rotatable bonds is 5. The van der Waals surface area contributed by atoms with E-state index in [2.05, 4.69) is 12.2 Å². The number of nitrogens with zero attached hydrogens (tertiary/aromatic N) is 2.